The number of para-hydroxylation sites is 1. The Bertz CT molecular complexity index is 457. The summed E-state index contributed by atoms with van der Waals surface area (Å²) in [4.78, 5) is 13.0. The average molecular weight is 265 g/mol. The van der Waals surface area contributed by atoms with E-state index in [0.717, 1.165) is 25.9 Å². The minimum absolute atomic E-state index is 0.00364. The van der Waals surface area contributed by atoms with Gasteiger partial charge in [-0.05, 0) is 45.1 Å². The van der Waals surface area contributed by atoms with Crippen LogP contribution < -0.4 is 16.6 Å². The molecule has 19 heavy (non-hydrogen) atoms. The Kier molecular flexibility index (Phi) is 4.18. The fraction of sp³-hybridized carbons (Fsp3) is 0.500. The van der Waals surface area contributed by atoms with E-state index >= 15 is 0 Å². The summed E-state index contributed by atoms with van der Waals surface area (Å²) < 4.78 is 0. The van der Waals surface area contributed by atoms with Gasteiger partial charge in [0.25, 0.3) is 0 Å². The molecule has 0 atom stereocenters. The van der Waals surface area contributed by atoms with Crippen LogP contribution in [0.4, 0.5) is 17.1 Å². The molecule has 1 aliphatic heterocycles. The summed E-state index contributed by atoms with van der Waals surface area (Å²) in [6.07, 6.45) is 1.96. The van der Waals surface area contributed by atoms with Crippen molar-refractivity contribution in [2.45, 2.75) is 18.9 Å². The molecule has 0 amide bonds. The smallest absolute Gasteiger partial charge is 0.316 e. The summed E-state index contributed by atoms with van der Waals surface area (Å²) >= 11 is 0. The Morgan fingerprint density at radius 2 is 2.00 bits per heavy atom. The van der Waals surface area contributed by atoms with Crippen LogP contribution in [0.3, 0.4) is 0 Å². The van der Waals surface area contributed by atoms with Crippen LogP contribution in [0.1, 0.15) is 12.8 Å². The van der Waals surface area contributed by atoms with Gasteiger partial charge in [0.15, 0.2) is 0 Å². The van der Waals surface area contributed by atoms with Gasteiger partial charge in [0.05, 0.1) is 4.92 Å². The second-order valence-electron chi connectivity index (χ2n) is 4.83. The van der Waals surface area contributed by atoms with E-state index < -0.39 is 4.92 Å². The highest BCUT2D eigenvalue weighted by atomic mass is 16.6. The van der Waals surface area contributed by atoms with Crippen molar-refractivity contribution in [2.24, 2.45) is 5.84 Å². The highest BCUT2D eigenvalue weighted by molar-refractivity contribution is 5.76. The number of benzene rings is 1. The van der Waals surface area contributed by atoms with Crippen LogP contribution in [0, 0.1) is 10.1 Å². The third-order valence-electron chi connectivity index (χ3n) is 3.45. The molecule has 2 rings (SSSR count). The molecule has 1 aromatic carbocycles. The summed E-state index contributed by atoms with van der Waals surface area (Å²) in [5, 5.41) is 14.4. The minimum atomic E-state index is -0.410. The van der Waals surface area contributed by atoms with E-state index in [0.29, 0.717) is 11.4 Å². The van der Waals surface area contributed by atoms with Crippen molar-refractivity contribution >= 4 is 17.1 Å². The largest absolute Gasteiger partial charge is 0.377 e. The van der Waals surface area contributed by atoms with Crippen molar-refractivity contribution in [3.8, 4) is 0 Å². The molecule has 0 radical (unpaired) electrons. The number of nitrogens with one attached hydrogen (secondary N) is 2. The number of nitro groups is 1. The molecule has 0 bridgehead atoms. The fourth-order valence-corrected chi connectivity index (χ4v) is 2.35. The number of nitrogen functional groups attached to an aromatic ring is 1. The van der Waals surface area contributed by atoms with Crippen molar-refractivity contribution in [2.75, 3.05) is 30.9 Å². The maximum atomic E-state index is 11.2. The Hall–Kier alpha value is -1.86. The number of hydrogen-bond acceptors (Lipinski definition) is 6. The zero-order valence-electron chi connectivity index (χ0n) is 10.9. The summed E-state index contributed by atoms with van der Waals surface area (Å²) in [5.74, 6) is 5.32. The standard InChI is InChI=1S/C12H19N5O2/c1-16-7-5-9(6-8-16)14-10-3-2-4-11(15-13)12(10)17(18)19/h2-4,9,14-15H,5-8,13H2,1H3. The molecule has 1 saturated heterocycles. The van der Waals surface area contributed by atoms with Gasteiger partial charge in [-0.25, -0.2) is 0 Å². The number of piperidine rings is 1. The van der Waals surface area contributed by atoms with Crippen molar-refractivity contribution in [3.05, 3.63) is 28.3 Å². The second-order valence-corrected chi connectivity index (χ2v) is 4.83. The van der Waals surface area contributed by atoms with Gasteiger partial charge < -0.3 is 15.6 Å². The minimum Gasteiger partial charge on any atom is -0.377 e. The number of rotatable bonds is 4. The molecule has 7 nitrogen and oxygen atoms in total. The van der Waals surface area contributed by atoms with Crippen LogP contribution in [0.25, 0.3) is 0 Å². The first kappa shape index (κ1) is 13.6. The molecule has 1 aromatic rings. The Morgan fingerprint density at radius 1 is 1.37 bits per heavy atom. The van der Waals surface area contributed by atoms with E-state index in [1.165, 1.54) is 0 Å². The monoisotopic (exact) mass is 265 g/mol. The van der Waals surface area contributed by atoms with Crippen LogP contribution >= 0.6 is 0 Å². The third kappa shape index (κ3) is 3.12. The Morgan fingerprint density at radius 3 is 2.58 bits per heavy atom. The maximum Gasteiger partial charge on any atom is 0.316 e. The number of hydrogen-bond donors (Lipinski definition) is 3. The Labute approximate surface area is 111 Å². The first-order valence-electron chi connectivity index (χ1n) is 6.31. The zero-order chi connectivity index (χ0) is 13.8. The highest BCUT2D eigenvalue weighted by Crippen LogP contribution is 2.33. The predicted molar refractivity (Wildman–Crippen MR) is 75.0 cm³/mol. The summed E-state index contributed by atoms with van der Waals surface area (Å²) in [5.41, 5.74) is 3.22. The lowest BCUT2D eigenvalue weighted by atomic mass is 10.0. The molecule has 0 spiro atoms. The van der Waals surface area contributed by atoms with Crippen molar-refractivity contribution in [3.63, 3.8) is 0 Å². The molecule has 0 unspecified atom stereocenters. The highest BCUT2D eigenvalue weighted by Gasteiger charge is 2.23. The van der Waals surface area contributed by atoms with Gasteiger partial charge in [-0.2, -0.15) is 0 Å². The number of anilines is 2. The van der Waals surface area contributed by atoms with Crippen molar-refractivity contribution in [1.82, 2.24) is 4.90 Å². The molecule has 1 aliphatic rings. The summed E-state index contributed by atoms with van der Waals surface area (Å²) in [6, 6.07) is 5.33. The van der Waals surface area contributed by atoms with Gasteiger partial charge >= 0.3 is 5.69 Å². The van der Waals surface area contributed by atoms with E-state index in [-0.39, 0.29) is 11.7 Å². The van der Waals surface area contributed by atoms with Gasteiger partial charge in [-0.15, -0.1) is 0 Å². The van der Waals surface area contributed by atoms with Gasteiger partial charge in [-0.3, -0.25) is 16.0 Å². The van der Waals surface area contributed by atoms with E-state index in [4.69, 9.17) is 5.84 Å². The van der Waals surface area contributed by atoms with Gasteiger partial charge in [-0.1, -0.05) is 6.07 Å². The van der Waals surface area contributed by atoms with E-state index in [2.05, 4.69) is 22.7 Å². The molecular weight excluding hydrogens is 246 g/mol. The van der Waals surface area contributed by atoms with Crippen molar-refractivity contribution in [1.29, 1.82) is 0 Å². The molecule has 0 saturated carbocycles. The van der Waals surface area contributed by atoms with E-state index in [9.17, 15) is 10.1 Å². The zero-order valence-corrected chi connectivity index (χ0v) is 10.9. The average Bonchev–Trinajstić information content (AvgIpc) is 2.40. The second kappa shape index (κ2) is 5.85. The van der Waals surface area contributed by atoms with Gasteiger partial charge in [0.2, 0.25) is 0 Å². The molecule has 4 N–H and O–H groups in total. The molecule has 0 aromatic heterocycles. The molecular formula is C12H19N5O2. The number of nitrogens with two attached hydrogens (primary N) is 1. The first-order valence-corrected chi connectivity index (χ1v) is 6.31. The molecule has 1 fully saturated rings. The number of hydrazine groups is 1. The van der Waals surface area contributed by atoms with Crippen LogP contribution in [0.15, 0.2) is 18.2 Å². The number of nitrogens with zero attached hydrogens (tertiary/aromatic N) is 2. The lowest BCUT2D eigenvalue weighted by molar-refractivity contribution is -0.383. The molecule has 1 heterocycles. The van der Waals surface area contributed by atoms with Gasteiger partial charge in [0.1, 0.15) is 11.4 Å². The van der Waals surface area contributed by atoms with Crippen LogP contribution in [-0.4, -0.2) is 36.0 Å². The predicted octanol–water partition coefficient (Wildman–Crippen LogP) is 1.39. The Balaban J connectivity index is 2.17. The normalized spacial score (nSPS) is 17.2. The third-order valence-corrected chi connectivity index (χ3v) is 3.45. The van der Waals surface area contributed by atoms with Crippen LogP contribution in [-0.2, 0) is 0 Å². The van der Waals surface area contributed by atoms with Gasteiger partial charge in [0, 0.05) is 6.04 Å². The van der Waals surface area contributed by atoms with E-state index in [1.807, 2.05) is 0 Å². The number of likely N-dealkylation sites (tertiary alicyclic amines) is 1. The van der Waals surface area contributed by atoms with E-state index in [1.54, 1.807) is 18.2 Å². The summed E-state index contributed by atoms with van der Waals surface area (Å²) in [6.45, 7) is 2.00. The lowest BCUT2D eigenvalue weighted by Gasteiger charge is -2.30. The SMILES string of the molecule is CN1CCC(Nc2cccc(NN)c2[N+](=O)[O-])CC1. The first-order chi connectivity index (χ1) is 9.11. The topological polar surface area (TPSA) is 96.5 Å². The summed E-state index contributed by atoms with van der Waals surface area (Å²) in [7, 11) is 2.08. The number of nitro benzene ring substituents is 1. The molecule has 0 aliphatic carbocycles. The molecule has 104 valence electrons. The van der Waals surface area contributed by atoms with Crippen molar-refractivity contribution < 1.29 is 4.92 Å². The maximum absolute atomic E-state index is 11.2. The van der Waals surface area contributed by atoms with Crippen LogP contribution in [0.2, 0.25) is 0 Å². The molecule has 7 heteroatoms. The van der Waals surface area contributed by atoms with Crippen LogP contribution in [0.5, 0.6) is 0 Å². The lowest BCUT2D eigenvalue weighted by Crippen LogP contribution is -2.36. The fourth-order valence-electron chi connectivity index (χ4n) is 2.35. The quantitative estimate of drug-likeness (QED) is 0.432.